The van der Waals surface area contributed by atoms with Crippen molar-refractivity contribution in [2.24, 2.45) is 17.8 Å². The number of unbranched alkanes of at least 4 members (excludes halogenated alkanes) is 40. The highest BCUT2D eigenvalue weighted by atomic mass is 31.2. The Labute approximate surface area is 575 Å². The summed E-state index contributed by atoms with van der Waals surface area (Å²) in [6, 6.07) is 0. The molecule has 0 fully saturated rings. The van der Waals surface area contributed by atoms with Gasteiger partial charge in [0.25, 0.3) is 0 Å². The lowest BCUT2D eigenvalue weighted by Crippen LogP contribution is -2.30. The van der Waals surface area contributed by atoms with E-state index in [1.165, 1.54) is 186 Å². The highest BCUT2D eigenvalue weighted by Gasteiger charge is 2.30. The van der Waals surface area contributed by atoms with Crippen molar-refractivity contribution in [1.29, 1.82) is 0 Å². The molecule has 0 amide bonds. The van der Waals surface area contributed by atoms with E-state index in [1.54, 1.807) is 0 Å². The fourth-order valence-corrected chi connectivity index (χ4v) is 13.0. The van der Waals surface area contributed by atoms with Crippen molar-refractivity contribution in [2.45, 2.75) is 401 Å². The third kappa shape index (κ3) is 67.3. The maximum absolute atomic E-state index is 13.1. The van der Waals surface area contributed by atoms with Crippen molar-refractivity contribution in [3.63, 3.8) is 0 Å². The standard InChI is InChI=1S/C75H146O17P2/c1-8-10-11-12-13-14-15-16-17-21-24-29-34-42-49-56-72(77)85-62-70(91-74(79)58-51-44-35-30-25-22-19-18-20-23-28-33-41-48-55-68(7)9-2)64-89-93(81,82)87-60-69(76)61-88-94(83,84)90-65-71(63-86-73(78)57-50-43-38-37-40-47-54-67(5)6)92-75(80)59-52-45-36-31-26-27-32-39-46-53-66(3)4/h66-71,76H,8-65H2,1-7H3,(H,81,82)(H,83,84)/t68?,69-,70-,71-/m1/s1. The van der Waals surface area contributed by atoms with Gasteiger partial charge in [-0.2, -0.15) is 0 Å². The molecule has 0 saturated heterocycles. The van der Waals surface area contributed by atoms with Gasteiger partial charge in [-0.25, -0.2) is 9.13 Å². The molecular weight excluding hydrogens is 1230 g/mol. The van der Waals surface area contributed by atoms with Crippen LogP contribution in [-0.4, -0.2) is 96.7 Å². The number of phosphoric acid groups is 2. The van der Waals surface area contributed by atoms with Crippen LogP contribution >= 0.6 is 15.6 Å². The quantitative estimate of drug-likeness (QED) is 0.0222. The second-order valence-corrected chi connectivity index (χ2v) is 31.1. The van der Waals surface area contributed by atoms with Gasteiger partial charge >= 0.3 is 39.5 Å². The largest absolute Gasteiger partial charge is 0.472 e. The van der Waals surface area contributed by atoms with E-state index in [0.29, 0.717) is 31.6 Å². The fourth-order valence-electron chi connectivity index (χ4n) is 11.4. The van der Waals surface area contributed by atoms with E-state index in [0.717, 1.165) is 108 Å². The molecule has 17 nitrogen and oxygen atoms in total. The van der Waals surface area contributed by atoms with Crippen LogP contribution < -0.4 is 0 Å². The van der Waals surface area contributed by atoms with Gasteiger partial charge in [-0.15, -0.1) is 0 Å². The molecule has 0 heterocycles. The Morgan fingerprint density at radius 3 is 0.809 bits per heavy atom. The molecule has 6 atom stereocenters. The summed E-state index contributed by atoms with van der Waals surface area (Å²) in [5, 5.41) is 10.6. The summed E-state index contributed by atoms with van der Waals surface area (Å²) in [6.07, 6.45) is 51.4. The van der Waals surface area contributed by atoms with E-state index in [2.05, 4.69) is 48.5 Å². The number of carbonyl (C=O) groups excluding carboxylic acids is 4. The minimum absolute atomic E-state index is 0.104. The summed E-state index contributed by atoms with van der Waals surface area (Å²) >= 11 is 0. The van der Waals surface area contributed by atoms with Crippen molar-refractivity contribution in [3.05, 3.63) is 0 Å². The van der Waals surface area contributed by atoms with Crippen molar-refractivity contribution >= 4 is 39.5 Å². The molecule has 19 heteroatoms. The van der Waals surface area contributed by atoms with Gasteiger partial charge in [0, 0.05) is 25.7 Å². The van der Waals surface area contributed by atoms with Gasteiger partial charge in [0.1, 0.15) is 19.3 Å². The first-order valence-electron chi connectivity index (χ1n) is 38.9. The van der Waals surface area contributed by atoms with Gasteiger partial charge in [0.05, 0.1) is 26.4 Å². The number of aliphatic hydroxyl groups excluding tert-OH is 1. The minimum atomic E-state index is -4.96. The first-order valence-corrected chi connectivity index (χ1v) is 41.9. The van der Waals surface area contributed by atoms with Crippen LogP contribution in [0.15, 0.2) is 0 Å². The van der Waals surface area contributed by atoms with E-state index >= 15 is 0 Å². The Kier molecular flexibility index (Phi) is 64.3. The van der Waals surface area contributed by atoms with Crippen LogP contribution in [0.25, 0.3) is 0 Å². The molecule has 558 valence electrons. The lowest BCUT2D eigenvalue weighted by atomic mass is 9.99. The lowest BCUT2D eigenvalue weighted by Gasteiger charge is -2.21. The third-order valence-corrected chi connectivity index (χ3v) is 19.6. The molecule has 0 rings (SSSR count). The van der Waals surface area contributed by atoms with Crippen LogP contribution in [0.4, 0.5) is 0 Å². The zero-order chi connectivity index (χ0) is 69.4. The number of ether oxygens (including phenoxy) is 4. The summed E-state index contributed by atoms with van der Waals surface area (Å²) in [4.78, 5) is 72.7. The van der Waals surface area contributed by atoms with Crippen molar-refractivity contribution in [3.8, 4) is 0 Å². The predicted molar refractivity (Wildman–Crippen MR) is 381 cm³/mol. The monoisotopic (exact) mass is 1380 g/mol. The van der Waals surface area contributed by atoms with Gasteiger partial charge in [-0.05, 0) is 43.4 Å². The van der Waals surface area contributed by atoms with E-state index in [1.807, 2.05) is 0 Å². The van der Waals surface area contributed by atoms with E-state index in [9.17, 15) is 43.2 Å². The molecule has 0 aromatic heterocycles. The molecule has 0 aromatic carbocycles. The summed E-state index contributed by atoms with van der Waals surface area (Å²) in [7, 11) is -9.91. The SMILES string of the molecule is CCCCCCCCCCCCCCCCCC(=O)OC[C@H](COP(=O)(O)OC[C@@H](O)COP(=O)(O)OC[C@@H](COC(=O)CCCCCCCCC(C)C)OC(=O)CCCCCCCCCCCC(C)C)OC(=O)CCCCCCCCCCCCCCCCC(C)CC. The Morgan fingerprint density at radius 2 is 0.543 bits per heavy atom. The summed E-state index contributed by atoms with van der Waals surface area (Å²) in [5.41, 5.74) is 0. The maximum Gasteiger partial charge on any atom is 0.472 e. The summed E-state index contributed by atoms with van der Waals surface area (Å²) in [6.45, 7) is 11.8. The van der Waals surface area contributed by atoms with Gasteiger partial charge in [-0.1, -0.05) is 331 Å². The van der Waals surface area contributed by atoms with Crippen LogP contribution in [0.1, 0.15) is 382 Å². The normalized spacial score (nSPS) is 14.4. The predicted octanol–water partition coefficient (Wildman–Crippen LogP) is 21.8. The molecule has 0 bridgehead atoms. The number of aliphatic hydroxyl groups is 1. The van der Waals surface area contributed by atoms with Crippen LogP contribution in [0, 0.1) is 17.8 Å². The average molecular weight is 1380 g/mol. The number of esters is 4. The van der Waals surface area contributed by atoms with Crippen molar-refractivity contribution in [1.82, 2.24) is 0 Å². The highest BCUT2D eigenvalue weighted by molar-refractivity contribution is 7.47. The molecule has 3 N–H and O–H groups in total. The number of phosphoric ester groups is 2. The number of hydrogen-bond donors (Lipinski definition) is 3. The zero-order valence-electron chi connectivity index (χ0n) is 61.4. The number of hydrogen-bond acceptors (Lipinski definition) is 15. The molecule has 0 radical (unpaired) electrons. The van der Waals surface area contributed by atoms with E-state index in [4.69, 9.17) is 37.0 Å². The summed E-state index contributed by atoms with van der Waals surface area (Å²) < 4.78 is 68.5. The molecule has 0 aliphatic rings. The molecule has 0 aromatic rings. The Bertz CT molecular complexity index is 1840. The molecular formula is C75H146O17P2. The number of rotatable bonds is 73. The highest BCUT2D eigenvalue weighted by Crippen LogP contribution is 2.45. The summed E-state index contributed by atoms with van der Waals surface area (Å²) in [5.74, 6) is 0.141. The Morgan fingerprint density at radius 1 is 0.309 bits per heavy atom. The second-order valence-electron chi connectivity index (χ2n) is 28.2. The van der Waals surface area contributed by atoms with Gasteiger partial charge in [0.2, 0.25) is 0 Å². The van der Waals surface area contributed by atoms with Crippen molar-refractivity contribution in [2.75, 3.05) is 39.6 Å². The first kappa shape index (κ1) is 92.1. The Balaban J connectivity index is 5.24. The molecule has 94 heavy (non-hydrogen) atoms. The van der Waals surface area contributed by atoms with Crippen LogP contribution in [0.2, 0.25) is 0 Å². The molecule has 0 spiro atoms. The van der Waals surface area contributed by atoms with Crippen molar-refractivity contribution < 1.29 is 80.2 Å². The van der Waals surface area contributed by atoms with E-state index < -0.39 is 97.5 Å². The lowest BCUT2D eigenvalue weighted by molar-refractivity contribution is -0.161. The van der Waals surface area contributed by atoms with Gasteiger partial charge in [-0.3, -0.25) is 37.3 Å². The second kappa shape index (κ2) is 65.7. The van der Waals surface area contributed by atoms with E-state index in [-0.39, 0.29) is 25.7 Å². The van der Waals surface area contributed by atoms with Gasteiger partial charge < -0.3 is 33.8 Å². The number of carbonyl (C=O) groups is 4. The average Bonchev–Trinajstić information content (AvgIpc) is 2.82. The van der Waals surface area contributed by atoms with Crippen LogP contribution in [-0.2, 0) is 65.4 Å². The molecule has 0 saturated carbocycles. The smallest absolute Gasteiger partial charge is 0.462 e. The van der Waals surface area contributed by atoms with Crippen LogP contribution in [0.3, 0.4) is 0 Å². The van der Waals surface area contributed by atoms with Crippen LogP contribution in [0.5, 0.6) is 0 Å². The van der Waals surface area contributed by atoms with Gasteiger partial charge in [0.15, 0.2) is 12.2 Å². The molecule has 0 aliphatic carbocycles. The molecule has 3 unspecified atom stereocenters. The Hall–Kier alpha value is -1.94. The maximum atomic E-state index is 13.1. The minimum Gasteiger partial charge on any atom is -0.462 e. The zero-order valence-corrected chi connectivity index (χ0v) is 63.2. The fraction of sp³-hybridized carbons (Fsp3) is 0.947. The third-order valence-electron chi connectivity index (χ3n) is 17.7. The first-order chi connectivity index (χ1) is 45.3. The molecule has 0 aliphatic heterocycles. The topological polar surface area (TPSA) is 237 Å².